The van der Waals surface area contributed by atoms with E-state index in [0.717, 1.165) is 17.7 Å². The Kier molecular flexibility index (Phi) is 7.05. The van der Waals surface area contributed by atoms with Gasteiger partial charge in [-0.25, -0.2) is 5.43 Å². The number of rotatable bonds is 7. The predicted molar refractivity (Wildman–Crippen MR) is 132 cm³/mol. The minimum absolute atomic E-state index is 0.0289. The number of non-ortho nitro benzene ring substituents is 1. The molecule has 0 fully saturated rings. The number of benzene rings is 2. The molecule has 1 aliphatic carbocycles. The second kappa shape index (κ2) is 10.3. The van der Waals surface area contributed by atoms with Gasteiger partial charge in [-0.05, 0) is 44.4 Å². The lowest BCUT2D eigenvalue weighted by Crippen LogP contribution is -2.30. The quantitative estimate of drug-likeness (QED) is 0.398. The number of hydrogen-bond donors (Lipinski definition) is 1. The third-order valence-corrected chi connectivity index (χ3v) is 5.98. The van der Waals surface area contributed by atoms with Crippen molar-refractivity contribution in [2.75, 3.05) is 11.4 Å². The van der Waals surface area contributed by atoms with E-state index >= 15 is 0 Å². The molecule has 0 saturated carbocycles. The number of aryl methyl sites for hydroxylation is 1. The molecule has 0 aliphatic heterocycles. The van der Waals surface area contributed by atoms with E-state index in [1.165, 1.54) is 12.1 Å². The average Bonchev–Trinajstić information content (AvgIpc) is 3.21. The molecule has 0 saturated heterocycles. The molecule has 2 amide bonds. The van der Waals surface area contributed by atoms with Gasteiger partial charge >= 0.3 is 0 Å². The molecule has 9 nitrogen and oxygen atoms in total. The Morgan fingerprint density at radius 3 is 2.49 bits per heavy atom. The van der Waals surface area contributed by atoms with Crippen LogP contribution in [0.1, 0.15) is 52.8 Å². The molecule has 1 aromatic heterocycles. The van der Waals surface area contributed by atoms with Crippen LogP contribution in [0.3, 0.4) is 0 Å². The molecule has 180 valence electrons. The maximum atomic E-state index is 13.3. The number of carbonyl (C=O) groups is 2. The second-order valence-electron chi connectivity index (χ2n) is 8.29. The molecule has 0 bridgehead atoms. The Hall–Kier alpha value is -4.27. The molecular weight excluding hydrogens is 448 g/mol. The van der Waals surface area contributed by atoms with Crippen molar-refractivity contribution in [3.8, 4) is 0 Å². The normalized spacial score (nSPS) is 13.8. The lowest BCUT2D eigenvalue weighted by Gasteiger charge is -2.20. The van der Waals surface area contributed by atoms with E-state index in [-0.39, 0.29) is 29.7 Å². The zero-order valence-corrected chi connectivity index (χ0v) is 19.6. The van der Waals surface area contributed by atoms with Crippen molar-refractivity contribution in [1.82, 2.24) is 5.43 Å². The van der Waals surface area contributed by atoms with Crippen LogP contribution in [-0.4, -0.2) is 29.0 Å². The highest BCUT2D eigenvalue weighted by molar-refractivity contribution is 6.10. The van der Waals surface area contributed by atoms with Crippen molar-refractivity contribution >= 4 is 28.9 Å². The topological polar surface area (TPSA) is 118 Å². The lowest BCUT2D eigenvalue weighted by atomic mass is 9.93. The SMILES string of the molecule is CCN(C(=O)c1oc2c(c1C)/C(=N/NC(=O)Cc1ccc([N+](=O)[O-])cc1)CCC2)c1ccccc1. The van der Waals surface area contributed by atoms with Gasteiger partial charge in [0.2, 0.25) is 5.91 Å². The number of fused-ring (bicyclic) bond motifs is 1. The van der Waals surface area contributed by atoms with E-state index < -0.39 is 4.92 Å². The summed E-state index contributed by atoms with van der Waals surface area (Å²) in [5.41, 5.74) is 6.15. The van der Waals surface area contributed by atoms with Crippen LogP contribution in [0.4, 0.5) is 11.4 Å². The summed E-state index contributed by atoms with van der Waals surface area (Å²) in [6.45, 7) is 4.25. The van der Waals surface area contributed by atoms with Crippen LogP contribution in [0.25, 0.3) is 0 Å². The summed E-state index contributed by atoms with van der Waals surface area (Å²) in [5, 5.41) is 15.1. The highest BCUT2D eigenvalue weighted by Crippen LogP contribution is 2.31. The number of nitro groups is 1. The summed E-state index contributed by atoms with van der Waals surface area (Å²) >= 11 is 0. The zero-order chi connectivity index (χ0) is 24.9. The van der Waals surface area contributed by atoms with Crippen molar-refractivity contribution in [2.45, 2.75) is 39.5 Å². The lowest BCUT2D eigenvalue weighted by molar-refractivity contribution is -0.384. The highest BCUT2D eigenvalue weighted by atomic mass is 16.6. The molecule has 0 unspecified atom stereocenters. The molecule has 0 atom stereocenters. The number of hydrogen-bond acceptors (Lipinski definition) is 6. The number of anilines is 1. The van der Waals surface area contributed by atoms with Crippen LogP contribution >= 0.6 is 0 Å². The Morgan fingerprint density at radius 2 is 1.83 bits per heavy atom. The molecule has 1 heterocycles. The van der Waals surface area contributed by atoms with Crippen molar-refractivity contribution in [1.29, 1.82) is 0 Å². The Morgan fingerprint density at radius 1 is 1.11 bits per heavy atom. The van der Waals surface area contributed by atoms with Gasteiger partial charge in [-0.1, -0.05) is 30.3 Å². The maximum absolute atomic E-state index is 13.3. The zero-order valence-electron chi connectivity index (χ0n) is 19.6. The van der Waals surface area contributed by atoms with Gasteiger partial charge < -0.3 is 9.32 Å². The number of para-hydroxylation sites is 1. The highest BCUT2D eigenvalue weighted by Gasteiger charge is 2.30. The first-order valence-electron chi connectivity index (χ1n) is 11.5. The first kappa shape index (κ1) is 23.9. The number of nitro benzene ring substituents is 1. The average molecular weight is 475 g/mol. The van der Waals surface area contributed by atoms with Gasteiger partial charge in [0.05, 0.1) is 17.1 Å². The van der Waals surface area contributed by atoms with Crippen molar-refractivity contribution < 1.29 is 18.9 Å². The van der Waals surface area contributed by atoms with Crippen molar-refractivity contribution in [2.24, 2.45) is 5.10 Å². The third kappa shape index (κ3) is 5.13. The van der Waals surface area contributed by atoms with E-state index in [1.807, 2.05) is 44.2 Å². The van der Waals surface area contributed by atoms with Gasteiger partial charge in [-0.3, -0.25) is 19.7 Å². The van der Waals surface area contributed by atoms with Crippen LogP contribution in [0.2, 0.25) is 0 Å². The smallest absolute Gasteiger partial charge is 0.294 e. The summed E-state index contributed by atoms with van der Waals surface area (Å²) in [7, 11) is 0. The fraction of sp³-hybridized carbons (Fsp3) is 0.269. The fourth-order valence-corrected chi connectivity index (χ4v) is 4.25. The summed E-state index contributed by atoms with van der Waals surface area (Å²) in [6.07, 6.45) is 2.17. The van der Waals surface area contributed by atoms with Crippen molar-refractivity contribution in [3.05, 3.63) is 92.9 Å². The summed E-state index contributed by atoms with van der Waals surface area (Å²) in [4.78, 5) is 37.7. The third-order valence-electron chi connectivity index (χ3n) is 5.98. The van der Waals surface area contributed by atoms with E-state index in [0.29, 0.717) is 42.0 Å². The first-order valence-corrected chi connectivity index (χ1v) is 11.5. The Bertz CT molecular complexity index is 1280. The van der Waals surface area contributed by atoms with Crippen LogP contribution in [-0.2, 0) is 17.6 Å². The van der Waals surface area contributed by atoms with Crippen LogP contribution in [0, 0.1) is 17.0 Å². The molecular formula is C26H26N4O5. The standard InChI is InChI=1S/C26H26N4O5/c1-3-29(19-8-5-4-6-9-19)26(32)25-17(2)24-21(10-7-11-22(24)35-25)27-28-23(31)16-18-12-14-20(15-13-18)30(33)34/h4-6,8-9,12-15H,3,7,10-11,16H2,1-2H3,(H,28,31)/b27-21+. The number of nitrogens with one attached hydrogen (secondary N) is 1. The molecule has 1 N–H and O–H groups in total. The number of nitrogens with zero attached hydrogens (tertiary/aromatic N) is 3. The predicted octanol–water partition coefficient (Wildman–Crippen LogP) is 4.56. The number of hydrazone groups is 1. The van der Waals surface area contributed by atoms with E-state index in [9.17, 15) is 19.7 Å². The summed E-state index contributed by atoms with van der Waals surface area (Å²) in [6, 6.07) is 15.3. The molecule has 0 radical (unpaired) electrons. The minimum Gasteiger partial charge on any atom is -0.455 e. The Balaban J connectivity index is 1.52. The van der Waals surface area contributed by atoms with Gasteiger partial charge in [0.25, 0.3) is 11.6 Å². The molecule has 35 heavy (non-hydrogen) atoms. The Labute approximate surface area is 202 Å². The number of amides is 2. The number of furan rings is 1. The van der Waals surface area contributed by atoms with Gasteiger partial charge in [0.1, 0.15) is 5.76 Å². The van der Waals surface area contributed by atoms with Gasteiger partial charge in [0, 0.05) is 41.9 Å². The van der Waals surface area contributed by atoms with Gasteiger partial charge in [-0.15, -0.1) is 0 Å². The minimum atomic E-state index is -0.484. The molecule has 0 spiro atoms. The largest absolute Gasteiger partial charge is 0.455 e. The first-order chi connectivity index (χ1) is 16.9. The number of carbonyl (C=O) groups excluding carboxylic acids is 2. The van der Waals surface area contributed by atoms with Gasteiger partial charge in [-0.2, -0.15) is 5.10 Å². The van der Waals surface area contributed by atoms with Gasteiger partial charge in [0.15, 0.2) is 5.76 Å². The van der Waals surface area contributed by atoms with E-state index in [1.54, 1.807) is 17.0 Å². The second-order valence-corrected chi connectivity index (χ2v) is 8.29. The van der Waals surface area contributed by atoms with Crippen molar-refractivity contribution in [3.63, 3.8) is 0 Å². The van der Waals surface area contributed by atoms with Crippen LogP contribution in [0.5, 0.6) is 0 Å². The molecule has 2 aromatic carbocycles. The summed E-state index contributed by atoms with van der Waals surface area (Å²) in [5.74, 6) is 0.432. The maximum Gasteiger partial charge on any atom is 0.294 e. The monoisotopic (exact) mass is 474 g/mol. The molecule has 9 heteroatoms. The summed E-state index contributed by atoms with van der Waals surface area (Å²) < 4.78 is 6.03. The van der Waals surface area contributed by atoms with E-state index in [4.69, 9.17) is 4.42 Å². The van der Waals surface area contributed by atoms with E-state index in [2.05, 4.69) is 10.5 Å². The molecule has 4 rings (SSSR count). The van der Waals surface area contributed by atoms with Crippen LogP contribution in [0.15, 0.2) is 64.1 Å². The molecule has 1 aliphatic rings. The fourth-order valence-electron chi connectivity index (χ4n) is 4.25. The van der Waals surface area contributed by atoms with Crippen LogP contribution < -0.4 is 10.3 Å². The molecule has 3 aromatic rings.